The summed E-state index contributed by atoms with van der Waals surface area (Å²) in [5.41, 5.74) is 0.944. The number of morpholine rings is 1. The third-order valence-corrected chi connectivity index (χ3v) is 3.90. The average Bonchev–Trinajstić information content (AvgIpc) is 2.84. The third-order valence-electron chi connectivity index (χ3n) is 2.98. The van der Waals surface area contributed by atoms with Crippen molar-refractivity contribution in [3.8, 4) is 0 Å². The van der Waals surface area contributed by atoms with E-state index < -0.39 is 5.97 Å². The van der Waals surface area contributed by atoms with Crippen LogP contribution >= 0.6 is 11.3 Å². The summed E-state index contributed by atoms with van der Waals surface area (Å²) in [7, 11) is 0. The van der Waals surface area contributed by atoms with Crippen molar-refractivity contribution in [2.75, 3.05) is 26.3 Å². The predicted molar refractivity (Wildman–Crippen MR) is 73.1 cm³/mol. The van der Waals surface area contributed by atoms with Crippen LogP contribution in [0.5, 0.6) is 0 Å². The Bertz CT molecular complexity index is 457. The zero-order valence-corrected chi connectivity index (χ0v) is 11.3. The van der Waals surface area contributed by atoms with Gasteiger partial charge in [-0.15, -0.1) is 11.3 Å². The summed E-state index contributed by atoms with van der Waals surface area (Å²) in [5.74, 6) is -0.941. The standard InChI is InChI=1S/C13H17NO4S/c15-9-11-7-14(4-5-18-11)8-12-10(3-6-19-12)1-2-13(16)17/h1-3,6,11,15H,4-5,7-9H2,(H,16,17)/b2-1+. The molecule has 0 spiro atoms. The van der Waals surface area contributed by atoms with Crippen LogP contribution in [-0.2, 0) is 16.1 Å². The lowest BCUT2D eigenvalue weighted by Gasteiger charge is -2.31. The summed E-state index contributed by atoms with van der Waals surface area (Å²) in [6.45, 7) is 2.95. The van der Waals surface area contributed by atoms with Gasteiger partial charge in [0.15, 0.2) is 0 Å². The number of aliphatic hydroxyl groups excluding tert-OH is 1. The minimum atomic E-state index is -0.941. The van der Waals surface area contributed by atoms with E-state index in [2.05, 4.69) is 4.90 Å². The highest BCUT2D eigenvalue weighted by Gasteiger charge is 2.20. The van der Waals surface area contributed by atoms with E-state index in [4.69, 9.17) is 14.9 Å². The van der Waals surface area contributed by atoms with Crippen molar-refractivity contribution in [1.29, 1.82) is 0 Å². The smallest absolute Gasteiger partial charge is 0.328 e. The number of aliphatic hydroxyl groups is 1. The number of rotatable bonds is 5. The fraction of sp³-hybridized carbons (Fsp3) is 0.462. The highest BCUT2D eigenvalue weighted by atomic mass is 32.1. The van der Waals surface area contributed by atoms with Crippen molar-refractivity contribution < 1.29 is 19.7 Å². The largest absolute Gasteiger partial charge is 0.478 e. The van der Waals surface area contributed by atoms with Gasteiger partial charge in [0.05, 0.1) is 19.3 Å². The summed E-state index contributed by atoms with van der Waals surface area (Å²) in [5, 5.41) is 19.7. The molecule has 5 nitrogen and oxygen atoms in total. The van der Waals surface area contributed by atoms with E-state index in [-0.39, 0.29) is 12.7 Å². The number of aliphatic carboxylic acids is 1. The SMILES string of the molecule is O=C(O)/C=C/c1ccsc1CN1CCOC(CO)C1. The van der Waals surface area contributed by atoms with Crippen molar-refractivity contribution in [3.63, 3.8) is 0 Å². The molecule has 1 saturated heterocycles. The molecule has 1 aromatic heterocycles. The zero-order chi connectivity index (χ0) is 13.7. The summed E-state index contributed by atoms with van der Waals surface area (Å²) >= 11 is 1.61. The molecule has 0 bridgehead atoms. The van der Waals surface area contributed by atoms with Gasteiger partial charge in [0.1, 0.15) is 0 Å². The van der Waals surface area contributed by atoms with Crippen LogP contribution in [-0.4, -0.2) is 53.5 Å². The minimum absolute atomic E-state index is 0.0344. The molecule has 2 heterocycles. The summed E-state index contributed by atoms with van der Waals surface area (Å²) in [6, 6.07) is 1.92. The van der Waals surface area contributed by atoms with Crippen LogP contribution in [0.15, 0.2) is 17.5 Å². The van der Waals surface area contributed by atoms with Gasteiger partial charge in [-0.2, -0.15) is 0 Å². The van der Waals surface area contributed by atoms with Gasteiger partial charge in [-0.1, -0.05) is 0 Å². The number of hydrogen-bond donors (Lipinski definition) is 2. The number of carboxylic acid groups (broad SMARTS) is 1. The van der Waals surface area contributed by atoms with E-state index in [1.54, 1.807) is 17.4 Å². The molecule has 1 aliphatic rings. The van der Waals surface area contributed by atoms with E-state index in [9.17, 15) is 4.79 Å². The zero-order valence-electron chi connectivity index (χ0n) is 10.5. The molecule has 0 saturated carbocycles. The monoisotopic (exact) mass is 283 g/mol. The van der Waals surface area contributed by atoms with Crippen molar-refractivity contribution in [2.45, 2.75) is 12.6 Å². The Balaban J connectivity index is 1.99. The molecule has 6 heteroatoms. The highest BCUT2D eigenvalue weighted by Crippen LogP contribution is 2.21. The van der Waals surface area contributed by atoms with Crippen LogP contribution in [0.1, 0.15) is 10.4 Å². The molecule has 1 fully saturated rings. The predicted octanol–water partition coefficient (Wildman–Crippen LogP) is 1.04. The molecular formula is C13H17NO4S. The van der Waals surface area contributed by atoms with Crippen LogP contribution in [0, 0.1) is 0 Å². The topological polar surface area (TPSA) is 70.0 Å². The molecule has 0 aliphatic carbocycles. The number of nitrogens with zero attached hydrogens (tertiary/aromatic N) is 1. The van der Waals surface area contributed by atoms with Crippen LogP contribution in [0.4, 0.5) is 0 Å². The fourth-order valence-electron chi connectivity index (χ4n) is 2.03. The van der Waals surface area contributed by atoms with Crippen LogP contribution < -0.4 is 0 Å². The second-order valence-electron chi connectivity index (χ2n) is 4.38. The first-order chi connectivity index (χ1) is 9.19. The van der Waals surface area contributed by atoms with Gasteiger partial charge < -0.3 is 14.9 Å². The normalized spacial score (nSPS) is 21.0. The lowest BCUT2D eigenvalue weighted by Crippen LogP contribution is -2.43. The first-order valence-electron chi connectivity index (χ1n) is 6.11. The Morgan fingerprint density at radius 3 is 3.21 bits per heavy atom. The molecule has 19 heavy (non-hydrogen) atoms. The second-order valence-corrected chi connectivity index (χ2v) is 5.38. The number of ether oxygens (including phenoxy) is 1. The Kier molecular flexibility index (Phi) is 5.09. The molecule has 2 N–H and O–H groups in total. The number of hydrogen-bond acceptors (Lipinski definition) is 5. The Labute approximate surface area is 115 Å². The summed E-state index contributed by atoms with van der Waals surface area (Å²) in [4.78, 5) is 13.9. The molecule has 1 aromatic rings. The van der Waals surface area contributed by atoms with Crippen LogP contribution in [0.25, 0.3) is 6.08 Å². The van der Waals surface area contributed by atoms with E-state index in [0.29, 0.717) is 13.2 Å². The molecule has 2 rings (SSSR count). The molecule has 1 aliphatic heterocycles. The highest BCUT2D eigenvalue weighted by molar-refractivity contribution is 7.10. The van der Waals surface area contributed by atoms with E-state index in [0.717, 1.165) is 29.6 Å². The van der Waals surface area contributed by atoms with E-state index >= 15 is 0 Å². The van der Waals surface area contributed by atoms with Crippen LogP contribution in [0.3, 0.4) is 0 Å². The molecule has 0 radical (unpaired) electrons. The average molecular weight is 283 g/mol. The van der Waals surface area contributed by atoms with E-state index in [1.807, 2.05) is 11.4 Å². The third kappa shape index (κ3) is 4.14. The molecule has 0 amide bonds. The van der Waals surface area contributed by atoms with Gasteiger partial charge in [-0.3, -0.25) is 4.90 Å². The maximum absolute atomic E-state index is 10.5. The van der Waals surface area contributed by atoms with Crippen molar-refractivity contribution in [2.24, 2.45) is 0 Å². The Morgan fingerprint density at radius 1 is 1.63 bits per heavy atom. The van der Waals surface area contributed by atoms with Gasteiger partial charge in [0.25, 0.3) is 0 Å². The Morgan fingerprint density at radius 2 is 2.47 bits per heavy atom. The van der Waals surface area contributed by atoms with Crippen molar-refractivity contribution in [3.05, 3.63) is 28.0 Å². The maximum atomic E-state index is 10.5. The number of thiophene rings is 1. The second kappa shape index (κ2) is 6.81. The van der Waals surface area contributed by atoms with Crippen LogP contribution in [0.2, 0.25) is 0 Å². The van der Waals surface area contributed by atoms with Crippen molar-refractivity contribution in [1.82, 2.24) is 4.90 Å². The lowest BCUT2D eigenvalue weighted by atomic mass is 10.2. The van der Waals surface area contributed by atoms with Gasteiger partial charge in [-0.05, 0) is 23.1 Å². The molecule has 1 atom stereocenters. The van der Waals surface area contributed by atoms with E-state index in [1.165, 1.54) is 0 Å². The first kappa shape index (κ1) is 14.2. The van der Waals surface area contributed by atoms with Crippen molar-refractivity contribution >= 4 is 23.4 Å². The Hall–Kier alpha value is -1.21. The maximum Gasteiger partial charge on any atom is 0.328 e. The van der Waals surface area contributed by atoms with Gasteiger partial charge >= 0.3 is 5.97 Å². The minimum Gasteiger partial charge on any atom is -0.478 e. The quantitative estimate of drug-likeness (QED) is 0.790. The number of carbonyl (C=O) groups is 1. The summed E-state index contributed by atoms with van der Waals surface area (Å²) in [6.07, 6.45) is 2.66. The summed E-state index contributed by atoms with van der Waals surface area (Å²) < 4.78 is 5.41. The molecule has 1 unspecified atom stereocenters. The fourth-order valence-corrected chi connectivity index (χ4v) is 2.93. The van der Waals surface area contributed by atoms with Gasteiger partial charge in [-0.25, -0.2) is 4.79 Å². The lowest BCUT2D eigenvalue weighted by molar-refractivity contribution is -0.131. The van der Waals surface area contributed by atoms with Gasteiger partial charge in [0.2, 0.25) is 0 Å². The first-order valence-corrected chi connectivity index (χ1v) is 6.99. The number of carboxylic acids is 1. The molecule has 0 aromatic carbocycles. The molecule has 104 valence electrons. The van der Waals surface area contributed by atoms with Gasteiger partial charge in [0, 0.05) is 30.6 Å². The molecular weight excluding hydrogens is 266 g/mol.